The van der Waals surface area contributed by atoms with E-state index in [1.807, 2.05) is 0 Å². The van der Waals surface area contributed by atoms with Gasteiger partial charge in [0.05, 0.1) is 0 Å². The Morgan fingerprint density at radius 2 is 1.69 bits per heavy atom. The highest BCUT2D eigenvalue weighted by atomic mass is 32.5. The third-order valence-corrected chi connectivity index (χ3v) is 5.66. The molecule has 10 heteroatoms. The molecule has 3 N–H and O–H groups in total. The first-order chi connectivity index (χ1) is 7.29. The van der Waals surface area contributed by atoms with Crippen LogP contribution in [-0.2, 0) is 24.9 Å². The van der Waals surface area contributed by atoms with Gasteiger partial charge in [0.25, 0.3) is 7.82 Å². The fourth-order valence-electron chi connectivity index (χ4n) is 1.47. The van der Waals surface area contributed by atoms with Gasteiger partial charge in [-0.1, -0.05) is 6.42 Å². The number of phosphoric acid groups is 1. The minimum absolute atomic E-state index is 0.0189. The quantitative estimate of drug-likeness (QED) is 0.298. The summed E-state index contributed by atoms with van der Waals surface area (Å²) in [4.78, 5) is 37.1. The van der Waals surface area contributed by atoms with Gasteiger partial charge >= 0.3 is 6.72 Å². The molecule has 0 heterocycles. The van der Waals surface area contributed by atoms with Crippen LogP contribution in [0.3, 0.4) is 0 Å². The van der Waals surface area contributed by atoms with Crippen molar-refractivity contribution >= 4 is 25.5 Å². The van der Waals surface area contributed by atoms with Crippen LogP contribution in [0.25, 0.3) is 0 Å². The lowest BCUT2D eigenvalue weighted by Gasteiger charge is -2.14. The van der Waals surface area contributed by atoms with Gasteiger partial charge in [-0.25, -0.2) is 0 Å². The number of hydrogen-bond acceptors (Lipinski definition) is 4. The fraction of sp³-hybridized carbons (Fsp3) is 1.00. The Balaban J connectivity index is 2.53. The second-order valence-corrected chi connectivity index (χ2v) is 8.63. The lowest BCUT2D eigenvalue weighted by molar-refractivity contribution is -0.268. The Morgan fingerprint density at radius 1 is 1.12 bits per heavy atom. The summed E-state index contributed by atoms with van der Waals surface area (Å²) in [5.41, 5.74) is 0. The van der Waals surface area contributed by atoms with E-state index in [9.17, 15) is 19.2 Å². The van der Waals surface area contributed by atoms with Gasteiger partial charge in [0.1, 0.15) is 0 Å². The average molecular weight is 292 g/mol. The van der Waals surface area contributed by atoms with Gasteiger partial charge in [-0.2, -0.15) is 4.67 Å². The Labute approximate surface area is 96.8 Å². The maximum Gasteiger partial charge on any atom is 0.545 e. The molecule has 1 saturated carbocycles. The van der Waals surface area contributed by atoms with E-state index in [1.54, 1.807) is 0 Å². The first kappa shape index (κ1) is 14.7. The zero-order valence-corrected chi connectivity index (χ0v) is 11.0. The highest BCUT2D eigenvalue weighted by molar-refractivity contribution is 8.17. The molecule has 1 atom stereocenters. The molecule has 1 aliphatic rings. The highest BCUT2D eigenvalue weighted by Crippen LogP contribution is 2.47. The van der Waals surface area contributed by atoms with Crippen LogP contribution in [0.4, 0.5) is 0 Å². The van der Waals surface area contributed by atoms with Crippen molar-refractivity contribution in [3.8, 4) is 0 Å². The van der Waals surface area contributed by atoms with Crippen LogP contribution in [0, 0.1) is 0 Å². The molecule has 0 aromatic heterocycles. The molecule has 0 aromatic carbocycles. The van der Waals surface area contributed by atoms with E-state index in [0.717, 1.165) is 43.0 Å². The molecule has 1 aliphatic carbocycles. The average Bonchev–Trinajstić information content (AvgIpc) is 2.15. The van der Waals surface area contributed by atoms with E-state index in [2.05, 4.69) is 9.35 Å². The Morgan fingerprint density at radius 3 is 2.19 bits per heavy atom. The Hall–Kier alpha value is 0.640. The predicted octanol–water partition coefficient (Wildman–Crippen LogP) is 0.473. The lowest BCUT2D eigenvalue weighted by Crippen LogP contribution is -2.12. The van der Waals surface area contributed by atoms with Crippen molar-refractivity contribution in [1.29, 1.82) is 0 Å². The van der Waals surface area contributed by atoms with Crippen molar-refractivity contribution in [1.82, 2.24) is 0 Å². The van der Waals surface area contributed by atoms with Crippen molar-refractivity contribution < 1.29 is 33.5 Å². The molecule has 1 rings (SSSR count). The van der Waals surface area contributed by atoms with Crippen LogP contribution >= 0.6 is 14.5 Å². The second kappa shape index (κ2) is 6.00. The molecule has 0 aromatic rings. The van der Waals surface area contributed by atoms with Crippen molar-refractivity contribution in [2.24, 2.45) is 0 Å². The van der Waals surface area contributed by atoms with Gasteiger partial charge in [0.15, 0.2) is 5.25 Å². The summed E-state index contributed by atoms with van der Waals surface area (Å²) >= 11 is 0. The highest BCUT2D eigenvalue weighted by Gasteiger charge is 2.34. The maximum absolute atomic E-state index is 10.2. The lowest BCUT2D eigenvalue weighted by atomic mass is 10.0. The van der Waals surface area contributed by atoms with E-state index in [0.29, 0.717) is 0 Å². The van der Waals surface area contributed by atoms with Gasteiger partial charge in [-0.15, -0.1) is 4.67 Å². The summed E-state index contributed by atoms with van der Waals surface area (Å²) in [5.74, 6) is 0. The first-order valence-electron chi connectivity index (χ1n) is 4.73. The molecule has 1 fully saturated rings. The number of rotatable bonds is 4. The molecular formula is C6H14O7P2S. The van der Waals surface area contributed by atoms with Crippen molar-refractivity contribution in [2.45, 2.75) is 37.4 Å². The molecule has 0 radical (unpaired) electrons. The van der Waals surface area contributed by atoms with Gasteiger partial charge in [-0.3, -0.25) is 14.4 Å². The molecule has 1 unspecified atom stereocenters. The SMILES string of the molecule is O=P([O-])(O)OOP(O)(O)=[S+]C1CCCCC1. The van der Waals surface area contributed by atoms with E-state index in [4.69, 9.17) is 4.89 Å². The number of hydrogen-bond donors (Lipinski definition) is 3. The molecule has 16 heavy (non-hydrogen) atoms. The zero-order valence-electron chi connectivity index (χ0n) is 8.39. The summed E-state index contributed by atoms with van der Waals surface area (Å²) in [6.07, 6.45) is 4.76. The van der Waals surface area contributed by atoms with E-state index in [-0.39, 0.29) is 5.25 Å². The molecule has 7 nitrogen and oxygen atoms in total. The second-order valence-electron chi connectivity index (χ2n) is 3.47. The smallest absolute Gasteiger partial charge is 0.545 e. The topological polar surface area (TPSA) is 119 Å². The standard InChI is InChI=1S/C6H14O7P2S/c7-14(8,9)12-13-15(10,11)16-6-4-2-1-3-5-6/h6H,1-5H2,(H3-,7,8,9,10,11). The third kappa shape index (κ3) is 6.39. The van der Waals surface area contributed by atoms with Gasteiger partial charge < -0.3 is 9.79 Å². The molecule has 0 saturated heterocycles. The van der Waals surface area contributed by atoms with Gasteiger partial charge in [0.2, 0.25) is 10.9 Å². The van der Waals surface area contributed by atoms with Gasteiger partial charge in [0, 0.05) is 12.8 Å². The molecule has 0 spiro atoms. The van der Waals surface area contributed by atoms with E-state index >= 15 is 0 Å². The molecule has 0 bridgehead atoms. The van der Waals surface area contributed by atoms with Crippen molar-refractivity contribution in [3.63, 3.8) is 0 Å². The summed E-state index contributed by atoms with van der Waals surface area (Å²) in [6.45, 7) is -3.95. The van der Waals surface area contributed by atoms with E-state index in [1.165, 1.54) is 0 Å². The normalized spacial score (nSPS) is 22.8. The van der Waals surface area contributed by atoms with Crippen LogP contribution < -0.4 is 4.89 Å². The summed E-state index contributed by atoms with van der Waals surface area (Å²) in [7, 11) is -4.33. The van der Waals surface area contributed by atoms with Gasteiger partial charge in [-0.05, 0) is 12.8 Å². The maximum atomic E-state index is 10.2. The predicted molar refractivity (Wildman–Crippen MR) is 57.6 cm³/mol. The minimum Gasteiger partial charge on any atom is -0.755 e. The third-order valence-electron chi connectivity index (χ3n) is 2.06. The Bertz CT molecular complexity index is 315. The van der Waals surface area contributed by atoms with Crippen LogP contribution in [0.5, 0.6) is 0 Å². The summed E-state index contributed by atoms with van der Waals surface area (Å²) < 4.78 is 17.7. The van der Waals surface area contributed by atoms with Crippen LogP contribution in [-0.4, -0.2) is 19.9 Å². The summed E-state index contributed by atoms with van der Waals surface area (Å²) in [5, 5.41) is 0.0189. The minimum atomic E-state index is -5.09. The first-order valence-corrected chi connectivity index (χ1v) is 9.32. The molecule has 96 valence electrons. The van der Waals surface area contributed by atoms with Crippen molar-refractivity contribution in [2.75, 3.05) is 0 Å². The molecular weight excluding hydrogens is 278 g/mol. The monoisotopic (exact) mass is 292 g/mol. The van der Waals surface area contributed by atoms with Crippen LogP contribution in [0.15, 0.2) is 0 Å². The van der Waals surface area contributed by atoms with Crippen molar-refractivity contribution in [3.05, 3.63) is 0 Å². The summed E-state index contributed by atoms with van der Waals surface area (Å²) in [6, 6.07) is 0. The van der Waals surface area contributed by atoms with E-state index < -0.39 is 14.5 Å². The molecule has 0 aliphatic heterocycles. The largest absolute Gasteiger partial charge is 0.755 e. The zero-order chi connectivity index (χ0) is 12.2. The van der Waals surface area contributed by atoms with Crippen LogP contribution in [0.2, 0.25) is 0 Å². The molecule has 0 amide bonds. The van der Waals surface area contributed by atoms with Crippen LogP contribution in [0.1, 0.15) is 32.1 Å². The Kier molecular flexibility index (Phi) is 5.51. The fourth-order valence-corrected chi connectivity index (χ4v) is 5.27.